The van der Waals surface area contributed by atoms with Gasteiger partial charge in [-0.25, -0.2) is 9.18 Å². The third kappa shape index (κ3) is 4.02. The molecule has 1 unspecified atom stereocenters. The Bertz CT molecular complexity index is 704. The quantitative estimate of drug-likeness (QED) is 0.883. The lowest BCUT2D eigenvalue weighted by Gasteiger charge is -2.27. The van der Waals surface area contributed by atoms with E-state index in [1.807, 2.05) is 0 Å². The van der Waals surface area contributed by atoms with Gasteiger partial charge in [-0.3, -0.25) is 0 Å². The van der Waals surface area contributed by atoms with Crippen molar-refractivity contribution in [3.05, 3.63) is 59.4 Å². The molecule has 2 amide bonds. The van der Waals surface area contributed by atoms with Crippen molar-refractivity contribution in [1.82, 2.24) is 4.90 Å². The number of aliphatic hydroxyl groups excluding tert-OH is 1. The maximum atomic E-state index is 13.3. The number of halogens is 1. The Morgan fingerprint density at radius 1 is 1.29 bits per heavy atom. The number of amides is 2. The van der Waals surface area contributed by atoms with Gasteiger partial charge in [-0.2, -0.15) is 0 Å². The van der Waals surface area contributed by atoms with E-state index in [0.717, 1.165) is 11.1 Å². The van der Waals surface area contributed by atoms with E-state index in [2.05, 4.69) is 5.32 Å². The summed E-state index contributed by atoms with van der Waals surface area (Å²) in [6, 6.07) is 10.3. The zero-order valence-corrected chi connectivity index (χ0v) is 13.9. The number of carbonyl (C=O) groups is 1. The fraction of sp³-hybridized carbons (Fsp3) is 0.278. The van der Waals surface area contributed by atoms with E-state index in [1.54, 1.807) is 51.4 Å². The molecular weight excluding hydrogens is 311 g/mol. The molecule has 0 aliphatic carbocycles. The highest BCUT2D eigenvalue weighted by molar-refractivity contribution is 5.90. The fourth-order valence-electron chi connectivity index (χ4n) is 2.35. The molecule has 0 bridgehead atoms. The summed E-state index contributed by atoms with van der Waals surface area (Å²) in [7, 11) is 3.15. The summed E-state index contributed by atoms with van der Waals surface area (Å²) in [4.78, 5) is 13.8. The molecule has 0 radical (unpaired) electrons. The molecule has 0 saturated heterocycles. The van der Waals surface area contributed by atoms with Gasteiger partial charge < -0.3 is 20.1 Å². The van der Waals surface area contributed by atoms with Gasteiger partial charge >= 0.3 is 6.03 Å². The molecule has 1 atom stereocenters. The molecule has 128 valence electrons. The van der Waals surface area contributed by atoms with Gasteiger partial charge in [-0.1, -0.05) is 18.2 Å². The first-order valence-electron chi connectivity index (χ1n) is 7.51. The second kappa shape index (κ2) is 7.79. The Balaban J connectivity index is 2.15. The number of hydrogen-bond acceptors (Lipinski definition) is 3. The van der Waals surface area contributed by atoms with E-state index in [9.17, 15) is 14.3 Å². The summed E-state index contributed by atoms with van der Waals surface area (Å²) in [5.41, 5.74) is 1.92. The average molecular weight is 332 g/mol. The van der Waals surface area contributed by atoms with Gasteiger partial charge in [0.2, 0.25) is 0 Å². The van der Waals surface area contributed by atoms with E-state index in [-0.39, 0.29) is 6.61 Å². The standard InChI is InChI=1S/C18H21FN2O3/c1-12-4-7-14(19)10-16(12)20-18(23)21(2)17(11-22)13-5-8-15(24-3)9-6-13/h4-10,17,22H,11H2,1-3H3,(H,20,23). The number of urea groups is 1. The van der Waals surface area contributed by atoms with Crippen molar-refractivity contribution in [2.75, 3.05) is 26.1 Å². The molecule has 0 aliphatic heterocycles. The van der Waals surface area contributed by atoms with Crippen LogP contribution in [-0.4, -0.2) is 36.8 Å². The summed E-state index contributed by atoms with van der Waals surface area (Å²) in [6.45, 7) is 1.54. The van der Waals surface area contributed by atoms with Gasteiger partial charge in [-0.15, -0.1) is 0 Å². The minimum absolute atomic E-state index is 0.238. The molecule has 2 N–H and O–H groups in total. The molecule has 2 aromatic rings. The average Bonchev–Trinajstić information content (AvgIpc) is 2.59. The van der Waals surface area contributed by atoms with Crippen LogP contribution < -0.4 is 10.1 Å². The van der Waals surface area contributed by atoms with E-state index < -0.39 is 17.9 Å². The summed E-state index contributed by atoms with van der Waals surface area (Å²) in [5, 5.41) is 12.3. The first-order valence-corrected chi connectivity index (χ1v) is 7.51. The van der Waals surface area contributed by atoms with Crippen LogP contribution in [-0.2, 0) is 0 Å². The number of hydrogen-bond donors (Lipinski definition) is 2. The minimum atomic E-state index is -0.523. The van der Waals surface area contributed by atoms with Crippen LogP contribution in [0.3, 0.4) is 0 Å². The summed E-state index contributed by atoms with van der Waals surface area (Å²) < 4.78 is 18.4. The highest BCUT2D eigenvalue weighted by atomic mass is 19.1. The fourth-order valence-corrected chi connectivity index (χ4v) is 2.35. The zero-order chi connectivity index (χ0) is 17.7. The van der Waals surface area contributed by atoms with Gasteiger partial charge in [0.15, 0.2) is 0 Å². The monoisotopic (exact) mass is 332 g/mol. The second-order valence-corrected chi connectivity index (χ2v) is 5.47. The number of ether oxygens (including phenoxy) is 1. The molecule has 0 spiro atoms. The number of likely N-dealkylation sites (N-methyl/N-ethyl adjacent to an activating group) is 1. The molecule has 0 aliphatic rings. The molecular formula is C18H21FN2O3. The summed E-state index contributed by atoms with van der Waals surface area (Å²) >= 11 is 0. The van der Waals surface area contributed by atoms with E-state index in [4.69, 9.17) is 4.74 Å². The molecule has 2 rings (SSSR count). The number of aryl methyl sites for hydroxylation is 1. The van der Waals surface area contributed by atoms with Crippen molar-refractivity contribution in [1.29, 1.82) is 0 Å². The maximum Gasteiger partial charge on any atom is 0.322 e. The van der Waals surface area contributed by atoms with Crippen LogP contribution in [0.4, 0.5) is 14.9 Å². The van der Waals surface area contributed by atoms with Crippen molar-refractivity contribution >= 4 is 11.7 Å². The highest BCUT2D eigenvalue weighted by Gasteiger charge is 2.21. The minimum Gasteiger partial charge on any atom is -0.497 e. The van der Waals surface area contributed by atoms with Crippen LogP contribution in [0.1, 0.15) is 17.2 Å². The van der Waals surface area contributed by atoms with Crippen LogP contribution in [0.5, 0.6) is 5.75 Å². The number of methoxy groups -OCH3 is 1. The first-order chi connectivity index (χ1) is 11.5. The Morgan fingerprint density at radius 3 is 2.54 bits per heavy atom. The molecule has 0 heterocycles. The van der Waals surface area contributed by atoms with Gasteiger partial charge in [0.1, 0.15) is 11.6 Å². The third-order valence-corrected chi connectivity index (χ3v) is 3.90. The van der Waals surface area contributed by atoms with Crippen LogP contribution in [0.15, 0.2) is 42.5 Å². The molecule has 6 heteroatoms. The Labute approximate surface area is 140 Å². The Hall–Kier alpha value is -2.60. The van der Waals surface area contributed by atoms with E-state index >= 15 is 0 Å². The van der Waals surface area contributed by atoms with Crippen molar-refractivity contribution in [3.63, 3.8) is 0 Å². The number of rotatable bonds is 5. The number of anilines is 1. The number of carbonyl (C=O) groups excluding carboxylic acids is 1. The molecule has 24 heavy (non-hydrogen) atoms. The summed E-state index contributed by atoms with van der Waals surface area (Å²) in [5.74, 6) is 0.269. The number of aliphatic hydroxyl groups is 1. The molecule has 5 nitrogen and oxygen atoms in total. The third-order valence-electron chi connectivity index (χ3n) is 3.90. The Morgan fingerprint density at radius 2 is 1.96 bits per heavy atom. The van der Waals surface area contributed by atoms with Crippen molar-refractivity contribution < 1.29 is 19.0 Å². The van der Waals surface area contributed by atoms with Crippen LogP contribution >= 0.6 is 0 Å². The summed E-state index contributed by atoms with van der Waals surface area (Å²) in [6.07, 6.45) is 0. The topological polar surface area (TPSA) is 61.8 Å². The van der Waals surface area contributed by atoms with E-state index in [1.165, 1.54) is 17.0 Å². The van der Waals surface area contributed by atoms with Crippen molar-refractivity contribution in [3.8, 4) is 5.75 Å². The largest absolute Gasteiger partial charge is 0.497 e. The lowest BCUT2D eigenvalue weighted by molar-refractivity contribution is 0.159. The van der Waals surface area contributed by atoms with Gasteiger partial charge in [-0.05, 0) is 42.3 Å². The Kier molecular flexibility index (Phi) is 5.76. The SMILES string of the molecule is COc1ccc(C(CO)N(C)C(=O)Nc2cc(F)ccc2C)cc1. The van der Waals surface area contributed by atoms with Crippen LogP contribution in [0.2, 0.25) is 0 Å². The number of nitrogens with one attached hydrogen (secondary N) is 1. The van der Waals surface area contributed by atoms with Crippen LogP contribution in [0, 0.1) is 12.7 Å². The second-order valence-electron chi connectivity index (χ2n) is 5.47. The van der Waals surface area contributed by atoms with Gasteiger partial charge in [0.05, 0.1) is 19.8 Å². The molecule has 2 aromatic carbocycles. The molecule has 0 saturated carbocycles. The van der Waals surface area contributed by atoms with Gasteiger partial charge in [0.25, 0.3) is 0 Å². The van der Waals surface area contributed by atoms with Crippen molar-refractivity contribution in [2.45, 2.75) is 13.0 Å². The van der Waals surface area contributed by atoms with Crippen LogP contribution in [0.25, 0.3) is 0 Å². The normalized spacial score (nSPS) is 11.7. The smallest absolute Gasteiger partial charge is 0.322 e. The predicted octanol–water partition coefficient (Wildman–Crippen LogP) is 3.34. The van der Waals surface area contributed by atoms with Crippen molar-refractivity contribution in [2.24, 2.45) is 0 Å². The zero-order valence-electron chi connectivity index (χ0n) is 13.9. The highest BCUT2D eigenvalue weighted by Crippen LogP contribution is 2.23. The predicted molar refractivity (Wildman–Crippen MR) is 90.7 cm³/mol. The van der Waals surface area contributed by atoms with E-state index in [0.29, 0.717) is 11.4 Å². The lowest BCUT2D eigenvalue weighted by atomic mass is 10.1. The first kappa shape index (κ1) is 17.7. The lowest BCUT2D eigenvalue weighted by Crippen LogP contribution is -2.36. The van der Waals surface area contributed by atoms with Gasteiger partial charge in [0, 0.05) is 12.7 Å². The number of benzene rings is 2. The maximum absolute atomic E-state index is 13.3. The molecule has 0 aromatic heterocycles. The number of nitrogens with zero attached hydrogens (tertiary/aromatic N) is 1. The molecule has 0 fully saturated rings.